The molecule has 92 valence electrons. The second-order valence-corrected chi connectivity index (χ2v) is 4.81. The fourth-order valence-electron chi connectivity index (χ4n) is 2.48. The van der Waals surface area contributed by atoms with Crippen LogP contribution in [0.1, 0.15) is 38.2 Å². The Morgan fingerprint density at radius 2 is 1.71 bits per heavy atom. The molecule has 1 aromatic rings. The molecule has 1 aliphatic rings. The summed E-state index contributed by atoms with van der Waals surface area (Å²) in [7, 11) is 0. The average molecular weight is 240 g/mol. The van der Waals surface area contributed by atoms with Crippen LogP contribution in [0.2, 0.25) is 0 Å². The molecule has 0 nitrogen and oxygen atoms in total. The van der Waals surface area contributed by atoms with Gasteiger partial charge in [0.15, 0.2) is 0 Å². The van der Waals surface area contributed by atoms with Crippen molar-refractivity contribution < 1.29 is 13.2 Å². The van der Waals surface area contributed by atoms with E-state index in [0.717, 1.165) is 31.4 Å². The van der Waals surface area contributed by atoms with E-state index in [1.165, 1.54) is 0 Å². The van der Waals surface area contributed by atoms with Crippen LogP contribution in [0.5, 0.6) is 0 Å². The highest BCUT2D eigenvalue weighted by Crippen LogP contribution is 2.37. The first-order chi connectivity index (χ1) is 8.03. The molecule has 1 aliphatic carbocycles. The molecule has 0 saturated carbocycles. The smallest absolute Gasteiger partial charge is 0.133 e. The largest absolute Gasteiger partial charge is 0.207 e. The normalized spacial score (nSPS) is 24.7. The third-order valence-corrected chi connectivity index (χ3v) is 3.38. The Labute approximate surface area is 99.2 Å². The highest BCUT2D eigenvalue weighted by molar-refractivity contribution is 5.33. The minimum Gasteiger partial charge on any atom is -0.207 e. The van der Waals surface area contributed by atoms with Gasteiger partial charge in [0.1, 0.15) is 17.5 Å². The minimum atomic E-state index is -0.870. The van der Waals surface area contributed by atoms with Crippen molar-refractivity contribution in [1.29, 1.82) is 0 Å². The molecule has 1 atom stereocenters. The van der Waals surface area contributed by atoms with Gasteiger partial charge in [-0.05, 0) is 19.3 Å². The molecule has 17 heavy (non-hydrogen) atoms. The number of benzene rings is 1. The van der Waals surface area contributed by atoms with E-state index in [1.807, 2.05) is 12.2 Å². The van der Waals surface area contributed by atoms with Crippen molar-refractivity contribution in [2.24, 2.45) is 0 Å². The van der Waals surface area contributed by atoms with Crippen molar-refractivity contribution in [2.75, 3.05) is 0 Å². The number of hydrogen-bond acceptors (Lipinski definition) is 0. The second-order valence-electron chi connectivity index (χ2n) is 4.81. The Kier molecular flexibility index (Phi) is 3.27. The fraction of sp³-hybridized carbons (Fsp3) is 0.429. The summed E-state index contributed by atoms with van der Waals surface area (Å²) >= 11 is 0. The molecule has 2 rings (SSSR count). The summed E-state index contributed by atoms with van der Waals surface area (Å²) in [5.41, 5.74) is -0.685. The topological polar surface area (TPSA) is 0 Å². The molecule has 0 aliphatic heterocycles. The van der Waals surface area contributed by atoms with Gasteiger partial charge < -0.3 is 0 Å². The first-order valence-corrected chi connectivity index (χ1v) is 5.86. The summed E-state index contributed by atoms with van der Waals surface area (Å²) in [5, 5.41) is 0. The predicted molar refractivity (Wildman–Crippen MR) is 61.3 cm³/mol. The van der Waals surface area contributed by atoms with Crippen LogP contribution in [-0.2, 0) is 5.41 Å². The lowest BCUT2D eigenvalue weighted by atomic mass is 9.78. The van der Waals surface area contributed by atoms with Crippen LogP contribution in [0, 0.1) is 17.5 Å². The van der Waals surface area contributed by atoms with E-state index in [2.05, 4.69) is 0 Å². The molecule has 0 unspecified atom stereocenters. The summed E-state index contributed by atoms with van der Waals surface area (Å²) in [6.07, 6.45) is 7.36. The Morgan fingerprint density at radius 3 is 2.35 bits per heavy atom. The Morgan fingerprint density at radius 1 is 1.06 bits per heavy atom. The van der Waals surface area contributed by atoms with E-state index in [-0.39, 0.29) is 5.56 Å². The van der Waals surface area contributed by atoms with Gasteiger partial charge >= 0.3 is 0 Å². The lowest BCUT2D eigenvalue weighted by molar-refractivity contribution is 0.442. The van der Waals surface area contributed by atoms with E-state index >= 15 is 0 Å². The number of halogens is 3. The third-order valence-electron chi connectivity index (χ3n) is 3.38. The lowest BCUT2D eigenvalue weighted by Crippen LogP contribution is -2.22. The van der Waals surface area contributed by atoms with Gasteiger partial charge in [-0.15, -0.1) is 0 Å². The van der Waals surface area contributed by atoms with Gasteiger partial charge in [0.25, 0.3) is 0 Å². The Balaban J connectivity index is 2.51. The zero-order valence-corrected chi connectivity index (χ0v) is 9.77. The van der Waals surface area contributed by atoms with Gasteiger partial charge in [-0.1, -0.05) is 25.5 Å². The summed E-state index contributed by atoms with van der Waals surface area (Å²) in [4.78, 5) is 0. The second kappa shape index (κ2) is 4.55. The average Bonchev–Trinajstić information content (AvgIpc) is 2.41. The maximum Gasteiger partial charge on any atom is 0.133 e. The van der Waals surface area contributed by atoms with Crippen LogP contribution >= 0.6 is 0 Å². The van der Waals surface area contributed by atoms with E-state index < -0.39 is 22.9 Å². The fourth-order valence-corrected chi connectivity index (χ4v) is 2.48. The van der Waals surface area contributed by atoms with E-state index in [0.29, 0.717) is 6.42 Å². The summed E-state index contributed by atoms with van der Waals surface area (Å²) < 4.78 is 40.4. The Hall–Kier alpha value is -1.25. The van der Waals surface area contributed by atoms with E-state index in [9.17, 15) is 13.2 Å². The van der Waals surface area contributed by atoms with Crippen LogP contribution in [0.25, 0.3) is 0 Å². The molecule has 0 heterocycles. The molecule has 3 heteroatoms. The third kappa shape index (κ3) is 2.38. The zero-order valence-electron chi connectivity index (χ0n) is 9.77. The molecule has 0 fully saturated rings. The van der Waals surface area contributed by atoms with Crippen LogP contribution in [-0.4, -0.2) is 0 Å². The van der Waals surface area contributed by atoms with Crippen LogP contribution in [0.4, 0.5) is 13.2 Å². The SMILES string of the molecule is C[C@]1(c2c(F)cc(F)cc2F)C=CCCCC1. The molecular weight excluding hydrogens is 225 g/mol. The predicted octanol–water partition coefficient (Wildman–Crippen LogP) is 4.49. The van der Waals surface area contributed by atoms with Crippen molar-refractivity contribution in [3.05, 3.63) is 47.3 Å². The molecule has 0 saturated heterocycles. The van der Waals surface area contributed by atoms with Crippen LogP contribution in [0.3, 0.4) is 0 Å². The number of hydrogen-bond donors (Lipinski definition) is 0. The molecule has 0 spiro atoms. The van der Waals surface area contributed by atoms with Crippen LogP contribution in [0.15, 0.2) is 24.3 Å². The van der Waals surface area contributed by atoms with Crippen molar-refractivity contribution in [3.63, 3.8) is 0 Å². The molecule has 0 aromatic heterocycles. The van der Waals surface area contributed by atoms with Gasteiger partial charge in [-0.2, -0.15) is 0 Å². The van der Waals surface area contributed by atoms with Crippen molar-refractivity contribution in [2.45, 2.75) is 38.0 Å². The lowest BCUT2D eigenvalue weighted by Gasteiger charge is -2.26. The maximum atomic E-state index is 13.8. The van der Waals surface area contributed by atoms with E-state index in [1.54, 1.807) is 6.92 Å². The monoisotopic (exact) mass is 240 g/mol. The molecule has 0 bridgehead atoms. The van der Waals surface area contributed by atoms with Crippen molar-refractivity contribution in [1.82, 2.24) is 0 Å². The summed E-state index contributed by atoms with van der Waals surface area (Å²) in [6.45, 7) is 1.80. The highest BCUT2D eigenvalue weighted by atomic mass is 19.1. The number of rotatable bonds is 1. The van der Waals surface area contributed by atoms with Crippen LogP contribution < -0.4 is 0 Å². The molecule has 0 N–H and O–H groups in total. The van der Waals surface area contributed by atoms with Gasteiger partial charge in [-0.25, -0.2) is 13.2 Å². The van der Waals surface area contributed by atoms with Gasteiger partial charge in [-0.3, -0.25) is 0 Å². The standard InChI is InChI=1S/C14H15F3/c1-14(6-4-2-3-5-7-14)13-11(16)8-10(15)9-12(13)17/h4,6,8-9H,2-3,5,7H2,1H3/t14-/m0/s1. The van der Waals surface area contributed by atoms with Gasteiger partial charge in [0.05, 0.1) is 0 Å². The van der Waals surface area contributed by atoms with Gasteiger partial charge in [0, 0.05) is 23.1 Å². The first kappa shape index (κ1) is 12.2. The maximum absolute atomic E-state index is 13.8. The molecule has 1 aromatic carbocycles. The van der Waals surface area contributed by atoms with E-state index in [4.69, 9.17) is 0 Å². The van der Waals surface area contributed by atoms with Crippen molar-refractivity contribution >= 4 is 0 Å². The summed E-state index contributed by atoms with van der Waals surface area (Å²) in [5.74, 6) is -2.46. The first-order valence-electron chi connectivity index (χ1n) is 5.86. The quantitative estimate of drug-likeness (QED) is 0.634. The zero-order chi connectivity index (χ0) is 12.5. The molecule has 0 amide bonds. The highest BCUT2D eigenvalue weighted by Gasteiger charge is 2.31. The molecule has 0 radical (unpaired) electrons. The minimum absolute atomic E-state index is 0.0166. The van der Waals surface area contributed by atoms with Gasteiger partial charge in [0.2, 0.25) is 0 Å². The number of allylic oxidation sites excluding steroid dienone is 2. The van der Waals surface area contributed by atoms with Crippen molar-refractivity contribution in [3.8, 4) is 0 Å². The summed E-state index contributed by atoms with van der Waals surface area (Å²) in [6, 6.07) is 1.50. The Bertz CT molecular complexity index is 428. The molecular formula is C14H15F3.